The molecule has 0 saturated carbocycles. The highest BCUT2D eigenvalue weighted by Crippen LogP contribution is 2.34. The van der Waals surface area contributed by atoms with Gasteiger partial charge in [-0.25, -0.2) is 4.98 Å². The van der Waals surface area contributed by atoms with Crippen molar-refractivity contribution in [3.8, 4) is 16.3 Å². The number of carbonyl (C=O) groups is 1. The molecule has 0 unspecified atom stereocenters. The number of hydrogen-bond acceptors (Lipinski definition) is 5. The second kappa shape index (κ2) is 8.91. The third-order valence-corrected chi connectivity index (χ3v) is 6.23. The highest BCUT2D eigenvalue weighted by Gasteiger charge is 2.14. The number of nitrogens with zero attached hydrogens (tertiary/aromatic N) is 1. The van der Waals surface area contributed by atoms with E-state index in [2.05, 4.69) is 26.6 Å². The van der Waals surface area contributed by atoms with Crippen molar-refractivity contribution >= 4 is 66.4 Å². The van der Waals surface area contributed by atoms with Gasteiger partial charge in [0.2, 0.25) is 0 Å². The van der Waals surface area contributed by atoms with E-state index in [1.807, 2.05) is 48.5 Å². The number of thiazole rings is 1. The van der Waals surface area contributed by atoms with Crippen molar-refractivity contribution in [3.63, 3.8) is 0 Å². The number of carbonyl (C=O) groups excluding carboxylic acids is 1. The van der Waals surface area contributed by atoms with Gasteiger partial charge < -0.3 is 10.1 Å². The maximum Gasteiger partial charge on any atom is 0.257 e. The van der Waals surface area contributed by atoms with Crippen LogP contribution < -0.4 is 15.4 Å². The minimum Gasteiger partial charge on any atom is -0.496 e. The van der Waals surface area contributed by atoms with E-state index in [0.29, 0.717) is 15.8 Å². The Morgan fingerprint density at radius 2 is 1.87 bits per heavy atom. The molecule has 1 aromatic heterocycles. The molecule has 0 atom stereocenters. The van der Waals surface area contributed by atoms with Crippen molar-refractivity contribution < 1.29 is 9.53 Å². The Morgan fingerprint density at radius 3 is 2.63 bits per heavy atom. The summed E-state index contributed by atoms with van der Waals surface area (Å²) in [7, 11) is 1.57. The van der Waals surface area contributed by atoms with Crippen LogP contribution in [0.25, 0.3) is 20.8 Å². The predicted octanol–water partition coefficient (Wildman–Crippen LogP) is 5.86. The number of fused-ring (bicyclic) bond motifs is 1. The molecular weight excluding hydrogens is 482 g/mol. The molecule has 4 aromatic rings. The second-order valence-electron chi connectivity index (χ2n) is 6.29. The van der Waals surface area contributed by atoms with Crippen molar-refractivity contribution in [2.24, 2.45) is 0 Å². The first-order valence-corrected chi connectivity index (χ1v) is 11.0. The van der Waals surface area contributed by atoms with Gasteiger partial charge in [-0.05, 0) is 70.6 Å². The first-order valence-electron chi connectivity index (χ1n) is 8.96. The van der Waals surface area contributed by atoms with E-state index in [1.165, 1.54) is 0 Å². The third kappa shape index (κ3) is 4.35. The number of halogens is 1. The fourth-order valence-corrected chi connectivity index (χ4v) is 4.65. The lowest BCUT2D eigenvalue weighted by atomic mass is 10.2. The van der Waals surface area contributed by atoms with Gasteiger partial charge >= 0.3 is 0 Å². The normalized spacial score (nSPS) is 10.6. The first-order chi connectivity index (χ1) is 14.5. The number of thiocarbonyl (C=S) groups is 1. The highest BCUT2D eigenvalue weighted by molar-refractivity contribution is 9.10. The maximum atomic E-state index is 12.6. The molecule has 0 aliphatic carbocycles. The van der Waals surface area contributed by atoms with Crippen LogP contribution in [0.3, 0.4) is 0 Å². The Labute approximate surface area is 191 Å². The van der Waals surface area contributed by atoms with Crippen molar-refractivity contribution in [1.82, 2.24) is 10.3 Å². The summed E-state index contributed by atoms with van der Waals surface area (Å²) in [5.74, 6) is 0.338. The molecule has 4 rings (SSSR count). The largest absolute Gasteiger partial charge is 0.496 e. The Morgan fingerprint density at radius 1 is 1.10 bits per heavy atom. The van der Waals surface area contributed by atoms with Crippen LogP contribution in [0.5, 0.6) is 5.75 Å². The fraction of sp³-hybridized carbons (Fsp3) is 0.0455. The molecule has 0 aliphatic rings. The SMILES string of the molecule is COc1ccc(C(=O)NC(=S)Nc2ccccc2-c2nc3ccccc3s2)cc1Br. The summed E-state index contributed by atoms with van der Waals surface area (Å²) in [5.41, 5.74) is 3.11. The zero-order valence-corrected chi connectivity index (χ0v) is 19.0. The monoisotopic (exact) mass is 497 g/mol. The average molecular weight is 498 g/mol. The van der Waals surface area contributed by atoms with Crippen LogP contribution in [0.1, 0.15) is 10.4 Å². The molecule has 0 aliphatic heterocycles. The lowest BCUT2D eigenvalue weighted by molar-refractivity contribution is 0.0977. The summed E-state index contributed by atoms with van der Waals surface area (Å²) in [6, 6.07) is 20.8. The number of hydrogen-bond donors (Lipinski definition) is 2. The van der Waals surface area contributed by atoms with E-state index < -0.39 is 0 Å². The average Bonchev–Trinajstić information content (AvgIpc) is 3.18. The maximum absolute atomic E-state index is 12.6. The van der Waals surface area contributed by atoms with Crippen LogP contribution in [-0.4, -0.2) is 23.1 Å². The van der Waals surface area contributed by atoms with Crippen LogP contribution in [-0.2, 0) is 0 Å². The number of aromatic nitrogens is 1. The first kappa shape index (κ1) is 20.5. The zero-order valence-electron chi connectivity index (χ0n) is 15.8. The molecule has 1 heterocycles. The number of methoxy groups -OCH3 is 1. The smallest absolute Gasteiger partial charge is 0.257 e. The second-order valence-corrected chi connectivity index (χ2v) is 8.58. The molecule has 150 valence electrons. The summed E-state index contributed by atoms with van der Waals surface area (Å²) in [6.45, 7) is 0. The third-order valence-electron chi connectivity index (χ3n) is 4.34. The van der Waals surface area contributed by atoms with Crippen molar-refractivity contribution in [1.29, 1.82) is 0 Å². The summed E-state index contributed by atoms with van der Waals surface area (Å²) in [4.78, 5) is 17.3. The number of rotatable bonds is 4. The van der Waals surface area contributed by atoms with Crippen molar-refractivity contribution in [3.05, 3.63) is 76.8 Å². The van der Waals surface area contributed by atoms with Gasteiger partial charge in [0.25, 0.3) is 5.91 Å². The van der Waals surface area contributed by atoms with E-state index >= 15 is 0 Å². The number of para-hydroxylation sites is 2. The number of ether oxygens (including phenoxy) is 1. The number of anilines is 1. The molecule has 0 radical (unpaired) electrons. The van der Waals surface area contributed by atoms with Gasteiger partial charge in [0.1, 0.15) is 10.8 Å². The molecule has 2 N–H and O–H groups in total. The number of amides is 1. The van der Waals surface area contributed by atoms with Crippen LogP contribution in [0.15, 0.2) is 71.2 Å². The van der Waals surface area contributed by atoms with E-state index in [4.69, 9.17) is 21.9 Å². The quantitative estimate of drug-likeness (QED) is 0.345. The van der Waals surface area contributed by atoms with Crippen LogP contribution in [0.4, 0.5) is 5.69 Å². The van der Waals surface area contributed by atoms with E-state index in [0.717, 1.165) is 26.5 Å². The molecule has 8 heteroatoms. The van der Waals surface area contributed by atoms with Crippen molar-refractivity contribution in [2.75, 3.05) is 12.4 Å². The topological polar surface area (TPSA) is 63.2 Å². The lowest BCUT2D eigenvalue weighted by Crippen LogP contribution is -2.34. The highest BCUT2D eigenvalue weighted by atomic mass is 79.9. The van der Waals surface area contributed by atoms with Gasteiger partial charge in [-0.3, -0.25) is 10.1 Å². The molecule has 0 spiro atoms. The molecule has 0 fully saturated rings. The summed E-state index contributed by atoms with van der Waals surface area (Å²) in [5, 5.41) is 6.93. The van der Waals surface area contributed by atoms with Gasteiger partial charge in [0.05, 0.1) is 27.5 Å². The molecule has 1 amide bonds. The molecule has 30 heavy (non-hydrogen) atoms. The summed E-state index contributed by atoms with van der Waals surface area (Å²) in [6.07, 6.45) is 0. The minimum atomic E-state index is -0.312. The summed E-state index contributed by atoms with van der Waals surface area (Å²) < 4.78 is 7.00. The van der Waals surface area contributed by atoms with Gasteiger partial charge in [-0.1, -0.05) is 24.3 Å². The predicted molar refractivity (Wildman–Crippen MR) is 129 cm³/mol. The fourth-order valence-electron chi connectivity index (χ4n) is 2.90. The van der Waals surface area contributed by atoms with E-state index in [9.17, 15) is 4.79 Å². The number of nitrogens with one attached hydrogen (secondary N) is 2. The number of benzene rings is 3. The van der Waals surface area contributed by atoms with E-state index in [1.54, 1.807) is 36.6 Å². The summed E-state index contributed by atoms with van der Waals surface area (Å²) >= 11 is 10.4. The Kier molecular flexibility index (Phi) is 6.08. The standard InChI is InChI=1S/C22H16BrN3O2S2/c1-28-18-11-10-13(12-15(18)23)20(27)26-22(29)25-16-7-3-2-6-14(16)21-24-17-8-4-5-9-19(17)30-21/h2-12H,1H3,(H2,25,26,27,29). The zero-order chi connectivity index (χ0) is 21.1. The minimum absolute atomic E-state index is 0.209. The molecule has 0 bridgehead atoms. The van der Waals surface area contributed by atoms with Gasteiger partial charge in [-0.2, -0.15) is 0 Å². The Hall–Kier alpha value is -2.81. The molecule has 3 aromatic carbocycles. The van der Waals surface area contributed by atoms with Crippen LogP contribution >= 0.6 is 39.5 Å². The van der Waals surface area contributed by atoms with Gasteiger partial charge in [0, 0.05) is 11.1 Å². The molecule has 5 nitrogen and oxygen atoms in total. The molecular formula is C22H16BrN3O2S2. The Balaban J connectivity index is 1.52. The Bertz CT molecular complexity index is 1220. The van der Waals surface area contributed by atoms with Gasteiger partial charge in [0.15, 0.2) is 5.11 Å². The molecule has 0 saturated heterocycles. The lowest BCUT2D eigenvalue weighted by Gasteiger charge is -2.13. The van der Waals surface area contributed by atoms with E-state index in [-0.39, 0.29) is 11.0 Å². The van der Waals surface area contributed by atoms with Crippen LogP contribution in [0.2, 0.25) is 0 Å². The van der Waals surface area contributed by atoms with Crippen LogP contribution in [0, 0.1) is 0 Å². The van der Waals surface area contributed by atoms with Gasteiger partial charge in [-0.15, -0.1) is 11.3 Å². The van der Waals surface area contributed by atoms with Crippen molar-refractivity contribution in [2.45, 2.75) is 0 Å².